The highest BCUT2D eigenvalue weighted by atomic mass is 16.5. The molecule has 0 saturated carbocycles. The van der Waals surface area contributed by atoms with E-state index in [1.165, 1.54) is 10.1 Å². The van der Waals surface area contributed by atoms with Gasteiger partial charge in [-0.15, -0.1) is 0 Å². The van der Waals surface area contributed by atoms with Crippen LogP contribution in [0.5, 0.6) is 5.75 Å². The summed E-state index contributed by atoms with van der Waals surface area (Å²) >= 11 is 0. The first-order valence-corrected chi connectivity index (χ1v) is 7.68. The fourth-order valence-corrected chi connectivity index (χ4v) is 2.89. The Kier molecular flexibility index (Phi) is 3.94. The molecule has 5 heteroatoms. The standard InChI is InChI=1S/C18H20N2O3/c1-11-4-6-15-13(8-11)5-7-16(23-15)17(21)19-14-9-12(2)10-20(3)18(14)22/h4,6,8-10,16H,5,7H2,1-3H3,(H,19,21)/t16-/m0/s1. The van der Waals surface area contributed by atoms with Crippen LogP contribution in [-0.4, -0.2) is 16.6 Å². The summed E-state index contributed by atoms with van der Waals surface area (Å²) in [5.41, 5.74) is 3.28. The molecule has 5 nitrogen and oxygen atoms in total. The molecular formula is C18H20N2O3. The fraction of sp³-hybridized carbons (Fsp3) is 0.333. The molecule has 1 amide bonds. The van der Waals surface area contributed by atoms with Crippen LogP contribution in [0.25, 0.3) is 0 Å². The van der Waals surface area contributed by atoms with E-state index in [9.17, 15) is 9.59 Å². The minimum Gasteiger partial charge on any atom is -0.480 e. The average Bonchev–Trinajstić information content (AvgIpc) is 2.51. The van der Waals surface area contributed by atoms with Gasteiger partial charge in [-0.2, -0.15) is 0 Å². The highest BCUT2D eigenvalue weighted by Crippen LogP contribution is 2.28. The van der Waals surface area contributed by atoms with E-state index >= 15 is 0 Å². The Labute approximate surface area is 134 Å². The van der Waals surface area contributed by atoms with Crippen LogP contribution in [0.15, 0.2) is 35.3 Å². The molecule has 1 aliphatic rings. The lowest BCUT2D eigenvalue weighted by molar-refractivity contribution is -0.123. The zero-order valence-electron chi connectivity index (χ0n) is 13.6. The number of hydrogen-bond acceptors (Lipinski definition) is 3. The van der Waals surface area contributed by atoms with Crippen molar-refractivity contribution < 1.29 is 9.53 Å². The topological polar surface area (TPSA) is 60.3 Å². The molecule has 0 spiro atoms. The van der Waals surface area contributed by atoms with E-state index in [0.29, 0.717) is 6.42 Å². The summed E-state index contributed by atoms with van der Waals surface area (Å²) in [7, 11) is 1.67. The summed E-state index contributed by atoms with van der Waals surface area (Å²) in [5.74, 6) is 0.470. The number of nitrogens with zero attached hydrogens (tertiary/aromatic N) is 1. The smallest absolute Gasteiger partial charge is 0.274 e. The van der Waals surface area contributed by atoms with Crippen LogP contribution in [0.1, 0.15) is 23.1 Å². The van der Waals surface area contributed by atoms with Gasteiger partial charge in [-0.05, 0) is 49.9 Å². The maximum atomic E-state index is 12.4. The summed E-state index contributed by atoms with van der Waals surface area (Å²) in [5, 5.41) is 2.71. The molecule has 2 heterocycles. The Bertz CT molecular complexity index is 824. The van der Waals surface area contributed by atoms with Crippen LogP contribution in [0.4, 0.5) is 5.69 Å². The molecule has 1 atom stereocenters. The van der Waals surface area contributed by atoms with Crippen molar-refractivity contribution >= 4 is 11.6 Å². The van der Waals surface area contributed by atoms with Crippen molar-refractivity contribution in [3.05, 3.63) is 57.5 Å². The van der Waals surface area contributed by atoms with Crippen molar-refractivity contribution in [3.63, 3.8) is 0 Å². The van der Waals surface area contributed by atoms with Crippen LogP contribution in [-0.2, 0) is 18.3 Å². The maximum absolute atomic E-state index is 12.4. The Morgan fingerprint density at radius 1 is 1.26 bits per heavy atom. The molecule has 23 heavy (non-hydrogen) atoms. The summed E-state index contributed by atoms with van der Waals surface area (Å²) in [6.07, 6.45) is 2.55. The highest BCUT2D eigenvalue weighted by molar-refractivity contribution is 5.94. The third kappa shape index (κ3) is 3.13. The van der Waals surface area contributed by atoms with Crippen LogP contribution in [0, 0.1) is 13.8 Å². The van der Waals surface area contributed by atoms with Crippen LogP contribution >= 0.6 is 0 Å². The number of aryl methyl sites for hydroxylation is 4. The van der Waals surface area contributed by atoms with Crippen LogP contribution in [0.2, 0.25) is 0 Å². The first kappa shape index (κ1) is 15.3. The summed E-state index contributed by atoms with van der Waals surface area (Å²) in [6.45, 7) is 3.91. The molecule has 0 radical (unpaired) electrons. The van der Waals surface area contributed by atoms with Gasteiger partial charge in [-0.3, -0.25) is 9.59 Å². The molecule has 0 bridgehead atoms. The van der Waals surface area contributed by atoms with E-state index in [-0.39, 0.29) is 17.2 Å². The second kappa shape index (κ2) is 5.91. The minimum atomic E-state index is -0.574. The quantitative estimate of drug-likeness (QED) is 0.926. The number of amides is 1. The number of aromatic nitrogens is 1. The molecule has 1 N–H and O–H groups in total. The number of rotatable bonds is 2. The predicted octanol–water partition coefficient (Wildman–Crippen LogP) is 2.33. The number of hydrogen-bond donors (Lipinski definition) is 1. The van der Waals surface area contributed by atoms with Gasteiger partial charge in [0.2, 0.25) is 0 Å². The lowest BCUT2D eigenvalue weighted by atomic mass is 10.00. The number of benzene rings is 1. The average molecular weight is 312 g/mol. The van der Waals surface area contributed by atoms with Crippen molar-refractivity contribution in [2.45, 2.75) is 32.8 Å². The third-order valence-corrected chi connectivity index (χ3v) is 4.03. The molecule has 0 aliphatic carbocycles. The fourth-order valence-electron chi connectivity index (χ4n) is 2.89. The second-order valence-corrected chi connectivity index (χ2v) is 6.09. The minimum absolute atomic E-state index is 0.226. The monoisotopic (exact) mass is 312 g/mol. The van der Waals surface area contributed by atoms with Gasteiger partial charge in [-0.1, -0.05) is 17.7 Å². The number of nitrogens with one attached hydrogen (secondary N) is 1. The number of ether oxygens (including phenoxy) is 1. The van der Waals surface area contributed by atoms with E-state index in [4.69, 9.17) is 4.74 Å². The van der Waals surface area contributed by atoms with Gasteiger partial charge in [0.1, 0.15) is 11.4 Å². The third-order valence-electron chi connectivity index (χ3n) is 4.03. The molecule has 0 unspecified atom stereocenters. The molecule has 1 aromatic carbocycles. The SMILES string of the molecule is Cc1ccc2c(c1)CC[C@@H](C(=O)Nc1cc(C)cn(C)c1=O)O2. The predicted molar refractivity (Wildman–Crippen MR) is 89.0 cm³/mol. The van der Waals surface area contributed by atoms with Gasteiger partial charge in [0.05, 0.1) is 0 Å². The zero-order valence-corrected chi connectivity index (χ0v) is 13.6. The van der Waals surface area contributed by atoms with Gasteiger partial charge in [0.15, 0.2) is 6.10 Å². The molecule has 0 fully saturated rings. The molecule has 120 valence electrons. The van der Waals surface area contributed by atoms with Gasteiger partial charge >= 0.3 is 0 Å². The number of carbonyl (C=O) groups excluding carboxylic acids is 1. The van der Waals surface area contributed by atoms with E-state index in [0.717, 1.165) is 23.3 Å². The number of fused-ring (bicyclic) bond motifs is 1. The Hall–Kier alpha value is -2.56. The number of pyridine rings is 1. The lowest BCUT2D eigenvalue weighted by Crippen LogP contribution is -2.37. The summed E-state index contributed by atoms with van der Waals surface area (Å²) in [6, 6.07) is 7.63. The van der Waals surface area contributed by atoms with Crippen molar-refractivity contribution in [1.29, 1.82) is 0 Å². The molecule has 1 aromatic heterocycles. The first-order chi connectivity index (χ1) is 10.9. The second-order valence-electron chi connectivity index (χ2n) is 6.09. The number of anilines is 1. The molecule has 3 rings (SSSR count). The molecule has 2 aromatic rings. The Morgan fingerprint density at radius 2 is 2.04 bits per heavy atom. The summed E-state index contributed by atoms with van der Waals surface area (Å²) < 4.78 is 7.26. The van der Waals surface area contributed by atoms with Crippen molar-refractivity contribution in [2.75, 3.05) is 5.32 Å². The van der Waals surface area contributed by atoms with Crippen molar-refractivity contribution in [3.8, 4) is 5.75 Å². The molecule has 0 saturated heterocycles. The van der Waals surface area contributed by atoms with E-state index in [2.05, 4.69) is 11.4 Å². The number of carbonyl (C=O) groups is 1. The Morgan fingerprint density at radius 3 is 2.83 bits per heavy atom. The first-order valence-electron chi connectivity index (χ1n) is 7.68. The highest BCUT2D eigenvalue weighted by Gasteiger charge is 2.26. The van der Waals surface area contributed by atoms with E-state index < -0.39 is 6.10 Å². The van der Waals surface area contributed by atoms with Gasteiger partial charge < -0.3 is 14.6 Å². The van der Waals surface area contributed by atoms with Crippen molar-refractivity contribution in [1.82, 2.24) is 4.57 Å². The lowest BCUT2D eigenvalue weighted by Gasteiger charge is -2.25. The van der Waals surface area contributed by atoms with Gasteiger partial charge in [0, 0.05) is 13.2 Å². The van der Waals surface area contributed by atoms with Crippen LogP contribution < -0.4 is 15.6 Å². The normalized spacial score (nSPS) is 16.4. The van der Waals surface area contributed by atoms with E-state index in [1.807, 2.05) is 26.0 Å². The van der Waals surface area contributed by atoms with E-state index in [1.54, 1.807) is 19.3 Å². The molecule has 1 aliphatic heterocycles. The van der Waals surface area contributed by atoms with Crippen LogP contribution in [0.3, 0.4) is 0 Å². The largest absolute Gasteiger partial charge is 0.480 e. The van der Waals surface area contributed by atoms with Gasteiger partial charge in [0.25, 0.3) is 11.5 Å². The Balaban J connectivity index is 1.78. The molecular weight excluding hydrogens is 292 g/mol. The van der Waals surface area contributed by atoms with Crippen molar-refractivity contribution in [2.24, 2.45) is 7.05 Å². The zero-order chi connectivity index (χ0) is 16.6. The summed E-state index contributed by atoms with van der Waals surface area (Å²) in [4.78, 5) is 24.5. The van der Waals surface area contributed by atoms with Gasteiger partial charge in [-0.25, -0.2) is 0 Å². The maximum Gasteiger partial charge on any atom is 0.274 e.